The number of hydrogen-bond donors (Lipinski definition) is 0. The van der Waals surface area contributed by atoms with Crippen LogP contribution >= 0.6 is 0 Å². The van der Waals surface area contributed by atoms with E-state index in [1.807, 2.05) is 0 Å². The first-order valence-corrected chi connectivity index (χ1v) is 6.68. The van der Waals surface area contributed by atoms with Crippen LogP contribution in [0.15, 0.2) is 11.6 Å². The van der Waals surface area contributed by atoms with Gasteiger partial charge in [-0.3, -0.25) is 0 Å². The summed E-state index contributed by atoms with van der Waals surface area (Å²) in [4.78, 5) is 0. The number of nitrogens with zero attached hydrogens (tertiary/aromatic N) is 1. The van der Waals surface area contributed by atoms with E-state index < -0.39 is 0 Å². The van der Waals surface area contributed by atoms with Crippen molar-refractivity contribution in [2.45, 2.75) is 52.4 Å². The molecule has 0 N–H and O–H groups in total. The van der Waals surface area contributed by atoms with E-state index in [0.29, 0.717) is 5.41 Å². The maximum absolute atomic E-state index is 9.32. The van der Waals surface area contributed by atoms with E-state index in [-0.39, 0.29) is 5.41 Å². The van der Waals surface area contributed by atoms with Gasteiger partial charge in [-0.15, -0.1) is 0 Å². The third-order valence-corrected chi connectivity index (χ3v) is 5.67. The highest BCUT2D eigenvalue weighted by atomic mass is 14.6. The van der Waals surface area contributed by atoms with Crippen LogP contribution in [0, 0.1) is 34.0 Å². The summed E-state index contributed by atoms with van der Waals surface area (Å²) in [6.07, 6.45) is 9.72. The Bertz CT molecular complexity index is 379. The van der Waals surface area contributed by atoms with E-state index >= 15 is 0 Å². The average Bonchev–Trinajstić information content (AvgIpc) is 2.23. The third kappa shape index (κ3) is 1.22. The molecule has 0 unspecified atom stereocenters. The lowest BCUT2D eigenvalue weighted by Crippen LogP contribution is -2.49. The predicted octanol–water partition coefficient (Wildman–Crippen LogP) is 4.06. The van der Waals surface area contributed by atoms with Crippen LogP contribution in [0.1, 0.15) is 52.4 Å². The summed E-state index contributed by atoms with van der Waals surface area (Å²) in [5.41, 5.74) is 2.17. The Balaban J connectivity index is 1.77. The minimum absolute atomic E-state index is 0.0321. The second kappa shape index (κ2) is 3.13. The van der Waals surface area contributed by atoms with Gasteiger partial charge in [-0.2, -0.15) is 5.26 Å². The fourth-order valence-corrected chi connectivity index (χ4v) is 4.00. The average molecular weight is 215 g/mol. The van der Waals surface area contributed by atoms with Crippen LogP contribution in [0.3, 0.4) is 0 Å². The molecule has 0 amide bonds. The van der Waals surface area contributed by atoms with Gasteiger partial charge in [-0.1, -0.05) is 31.9 Å². The third-order valence-electron chi connectivity index (χ3n) is 5.67. The van der Waals surface area contributed by atoms with Crippen LogP contribution in [-0.2, 0) is 0 Å². The van der Waals surface area contributed by atoms with Gasteiger partial charge in [0.1, 0.15) is 0 Å². The minimum atomic E-state index is 0.0321. The summed E-state index contributed by atoms with van der Waals surface area (Å²) in [6.45, 7) is 4.83. The van der Waals surface area contributed by atoms with Crippen molar-refractivity contribution in [2.24, 2.45) is 22.7 Å². The Morgan fingerprint density at radius 2 is 2.19 bits per heavy atom. The summed E-state index contributed by atoms with van der Waals surface area (Å²) in [5.74, 6) is 1.71. The van der Waals surface area contributed by atoms with Gasteiger partial charge < -0.3 is 0 Å². The Hall–Kier alpha value is -0.770. The quantitative estimate of drug-likeness (QED) is 0.637. The number of allylic oxidation sites excluding steroid dienone is 2. The van der Waals surface area contributed by atoms with E-state index in [9.17, 15) is 5.26 Å². The molecule has 0 aromatic heterocycles. The van der Waals surface area contributed by atoms with Crippen LogP contribution in [0.4, 0.5) is 0 Å². The van der Waals surface area contributed by atoms with Crippen LogP contribution in [0.2, 0.25) is 0 Å². The molecule has 4 rings (SSSR count). The number of fused-ring (bicyclic) bond motifs is 1. The summed E-state index contributed by atoms with van der Waals surface area (Å²) >= 11 is 0. The lowest BCUT2D eigenvalue weighted by Gasteiger charge is -2.57. The Morgan fingerprint density at radius 1 is 1.44 bits per heavy atom. The monoisotopic (exact) mass is 215 g/mol. The smallest absolute Gasteiger partial charge is 0.0693 e. The topological polar surface area (TPSA) is 23.8 Å². The fourth-order valence-electron chi connectivity index (χ4n) is 4.00. The van der Waals surface area contributed by atoms with Crippen molar-refractivity contribution < 1.29 is 0 Å². The molecule has 16 heavy (non-hydrogen) atoms. The van der Waals surface area contributed by atoms with E-state index in [4.69, 9.17) is 0 Å². The second-order valence-electron chi connectivity index (χ2n) is 6.74. The first-order chi connectivity index (χ1) is 7.57. The van der Waals surface area contributed by atoms with Crippen molar-refractivity contribution in [1.82, 2.24) is 0 Å². The molecule has 0 saturated heterocycles. The molecule has 0 heterocycles. The molecule has 0 radical (unpaired) electrons. The summed E-state index contributed by atoms with van der Waals surface area (Å²) in [5, 5.41) is 9.32. The second-order valence-corrected chi connectivity index (χ2v) is 6.74. The standard InChI is InChI=1S/C15H21N/c1-14(2)12-5-4-11(13(14)8-12)9-15(10-16)6-3-7-15/h4,12-13H,3,5-9H2,1-2H3/t12-,13+/m0/s1. The van der Waals surface area contributed by atoms with E-state index in [1.54, 1.807) is 5.57 Å². The van der Waals surface area contributed by atoms with Crippen molar-refractivity contribution in [3.05, 3.63) is 11.6 Å². The molecule has 2 bridgehead atoms. The first kappa shape index (κ1) is 10.4. The van der Waals surface area contributed by atoms with Crippen LogP contribution < -0.4 is 0 Å². The fraction of sp³-hybridized carbons (Fsp3) is 0.800. The highest BCUT2D eigenvalue weighted by Crippen LogP contribution is 2.61. The summed E-state index contributed by atoms with van der Waals surface area (Å²) < 4.78 is 0. The van der Waals surface area contributed by atoms with Crippen LogP contribution in [0.25, 0.3) is 0 Å². The molecule has 0 spiro atoms. The van der Waals surface area contributed by atoms with E-state index in [0.717, 1.165) is 31.1 Å². The van der Waals surface area contributed by atoms with Crippen molar-refractivity contribution >= 4 is 0 Å². The van der Waals surface area contributed by atoms with Crippen molar-refractivity contribution in [3.63, 3.8) is 0 Å². The van der Waals surface area contributed by atoms with Gasteiger partial charge in [0.2, 0.25) is 0 Å². The predicted molar refractivity (Wildman–Crippen MR) is 64.6 cm³/mol. The molecule has 4 aliphatic carbocycles. The normalized spacial score (nSPS) is 37.7. The number of hydrogen-bond acceptors (Lipinski definition) is 1. The molecule has 2 saturated carbocycles. The van der Waals surface area contributed by atoms with Crippen LogP contribution in [0.5, 0.6) is 0 Å². The summed E-state index contributed by atoms with van der Waals surface area (Å²) in [6, 6.07) is 2.59. The molecule has 1 heteroatoms. The van der Waals surface area contributed by atoms with Gasteiger partial charge in [0, 0.05) is 0 Å². The summed E-state index contributed by atoms with van der Waals surface area (Å²) in [7, 11) is 0. The lowest BCUT2D eigenvalue weighted by atomic mass is 9.47. The Kier molecular flexibility index (Phi) is 2.03. The molecule has 0 aromatic carbocycles. The molecule has 1 nitrogen and oxygen atoms in total. The van der Waals surface area contributed by atoms with Gasteiger partial charge in [-0.25, -0.2) is 0 Å². The molecular formula is C15H21N. The Labute approximate surface area is 98.5 Å². The van der Waals surface area contributed by atoms with Crippen molar-refractivity contribution in [3.8, 4) is 6.07 Å². The molecule has 0 aliphatic heterocycles. The van der Waals surface area contributed by atoms with Crippen molar-refractivity contribution in [1.29, 1.82) is 5.26 Å². The van der Waals surface area contributed by atoms with Gasteiger partial charge >= 0.3 is 0 Å². The maximum atomic E-state index is 9.32. The Morgan fingerprint density at radius 3 is 2.62 bits per heavy atom. The number of rotatable bonds is 2. The van der Waals surface area contributed by atoms with Gasteiger partial charge in [0.15, 0.2) is 0 Å². The minimum Gasteiger partial charge on any atom is -0.198 e. The lowest BCUT2D eigenvalue weighted by molar-refractivity contribution is -0.0129. The van der Waals surface area contributed by atoms with Gasteiger partial charge in [0.25, 0.3) is 0 Å². The first-order valence-electron chi connectivity index (χ1n) is 6.68. The zero-order valence-corrected chi connectivity index (χ0v) is 10.4. The van der Waals surface area contributed by atoms with E-state index in [2.05, 4.69) is 26.0 Å². The molecule has 2 atom stereocenters. The molecule has 4 aliphatic rings. The molecule has 2 fully saturated rings. The number of nitriles is 1. The van der Waals surface area contributed by atoms with E-state index in [1.165, 1.54) is 19.3 Å². The molecular weight excluding hydrogens is 194 g/mol. The van der Waals surface area contributed by atoms with Gasteiger partial charge in [-0.05, 0) is 49.4 Å². The SMILES string of the molecule is CC1(C)[C@H]2CC=C(CC3(C#N)CCC3)[C@H]1C2. The highest BCUT2D eigenvalue weighted by molar-refractivity contribution is 5.26. The molecule has 0 aromatic rings. The highest BCUT2D eigenvalue weighted by Gasteiger charge is 2.52. The van der Waals surface area contributed by atoms with Crippen LogP contribution in [-0.4, -0.2) is 0 Å². The molecule has 86 valence electrons. The van der Waals surface area contributed by atoms with Crippen molar-refractivity contribution in [2.75, 3.05) is 0 Å². The zero-order valence-electron chi connectivity index (χ0n) is 10.4. The largest absolute Gasteiger partial charge is 0.198 e. The van der Waals surface area contributed by atoms with Gasteiger partial charge in [0.05, 0.1) is 11.5 Å². The zero-order chi connectivity index (χ0) is 11.4. The maximum Gasteiger partial charge on any atom is 0.0693 e.